The second-order valence-electron chi connectivity index (χ2n) is 4.95. The lowest BCUT2D eigenvalue weighted by atomic mass is 10.1. The average Bonchev–Trinajstić information content (AvgIpc) is 3.21. The second kappa shape index (κ2) is 4.77. The monoisotopic (exact) mass is 239 g/mol. The van der Waals surface area contributed by atoms with Gasteiger partial charge < -0.3 is 5.73 Å². The van der Waals surface area contributed by atoms with Crippen molar-refractivity contribution < 1.29 is 0 Å². The van der Waals surface area contributed by atoms with Crippen LogP contribution in [0.4, 0.5) is 5.95 Å². The molecule has 92 valence electrons. The van der Waals surface area contributed by atoms with E-state index < -0.39 is 0 Å². The quantitative estimate of drug-likeness (QED) is 0.892. The molecule has 18 heavy (non-hydrogen) atoms. The van der Waals surface area contributed by atoms with E-state index in [1.165, 1.54) is 19.3 Å². The van der Waals surface area contributed by atoms with Gasteiger partial charge in [-0.15, -0.1) is 0 Å². The van der Waals surface area contributed by atoms with E-state index in [0.29, 0.717) is 5.95 Å². The minimum atomic E-state index is 0.377. The van der Waals surface area contributed by atoms with Gasteiger partial charge in [0.05, 0.1) is 5.69 Å². The molecule has 1 saturated carbocycles. The van der Waals surface area contributed by atoms with Crippen LogP contribution >= 0.6 is 0 Å². The number of nitrogen functional groups attached to an aromatic ring is 1. The molecule has 0 spiro atoms. The van der Waals surface area contributed by atoms with Crippen LogP contribution in [0.3, 0.4) is 0 Å². The first-order valence-corrected chi connectivity index (χ1v) is 6.50. The molecule has 3 rings (SSSR count). The highest BCUT2D eigenvalue weighted by atomic mass is 15.0. The van der Waals surface area contributed by atoms with Crippen molar-refractivity contribution in [1.82, 2.24) is 9.97 Å². The molecule has 0 aliphatic heterocycles. The molecule has 1 aliphatic rings. The number of aromatic nitrogens is 2. The van der Waals surface area contributed by atoms with Crippen LogP contribution < -0.4 is 5.73 Å². The van der Waals surface area contributed by atoms with Gasteiger partial charge >= 0.3 is 0 Å². The van der Waals surface area contributed by atoms with E-state index in [2.05, 4.69) is 16.0 Å². The summed E-state index contributed by atoms with van der Waals surface area (Å²) in [5.74, 6) is 1.29. The smallest absolute Gasteiger partial charge is 0.220 e. The van der Waals surface area contributed by atoms with Gasteiger partial charge in [-0.2, -0.15) is 0 Å². The van der Waals surface area contributed by atoms with Crippen molar-refractivity contribution in [2.24, 2.45) is 5.92 Å². The van der Waals surface area contributed by atoms with Crippen LogP contribution in [-0.4, -0.2) is 9.97 Å². The SMILES string of the molecule is Nc1nc(CCC2CC2)cc(-c2ccccc2)n1. The molecule has 1 aromatic heterocycles. The van der Waals surface area contributed by atoms with Gasteiger partial charge in [-0.05, 0) is 24.8 Å². The molecular formula is C15H17N3. The zero-order chi connectivity index (χ0) is 12.4. The Morgan fingerprint density at radius 3 is 2.61 bits per heavy atom. The predicted octanol–water partition coefficient (Wildman–Crippen LogP) is 3.07. The number of rotatable bonds is 4. The Bertz CT molecular complexity index is 533. The fraction of sp³-hybridized carbons (Fsp3) is 0.333. The summed E-state index contributed by atoms with van der Waals surface area (Å²) < 4.78 is 0. The van der Waals surface area contributed by atoms with Crippen molar-refractivity contribution in [3.8, 4) is 11.3 Å². The number of hydrogen-bond acceptors (Lipinski definition) is 3. The summed E-state index contributed by atoms with van der Waals surface area (Å²) in [6.07, 6.45) is 5.00. The van der Waals surface area contributed by atoms with Gasteiger partial charge in [0.1, 0.15) is 0 Å². The number of anilines is 1. The first-order chi connectivity index (χ1) is 8.81. The minimum absolute atomic E-state index is 0.377. The molecule has 2 N–H and O–H groups in total. The molecule has 3 nitrogen and oxygen atoms in total. The number of aryl methyl sites for hydroxylation is 1. The maximum atomic E-state index is 5.80. The largest absolute Gasteiger partial charge is 0.368 e. The third-order valence-electron chi connectivity index (χ3n) is 3.37. The number of benzene rings is 1. The third kappa shape index (κ3) is 2.67. The van der Waals surface area contributed by atoms with Crippen LogP contribution in [0.15, 0.2) is 36.4 Å². The van der Waals surface area contributed by atoms with E-state index in [1.807, 2.05) is 30.3 Å². The highest BCUT2D eigenvalue weighted by Crippen LogP contribution is 2.33. The van der Waals surface area contributed by atoms with E-state index >= 15 is 0 Å². The molecule has 0 radical (unpaired) electrons. The standard InChI is InChI=1S/C15H17N3/c16-15-17-13(9-8-11-6-7-11)10-14(18-15)12-4-2-1-3-5-12/h1-5,10-11H,6-9H2,(H2,16,17,18). The molecule has 0 bridgehead atoms. The number of nitrogens with zero attached hydrogens (tertiary/aromatic N) is 2. The molecule has 3 heteroatoms. The first kappa shape index (κ1) is 11.2. The fourth-order valence-electron chi connectivity index (χ4n) is 2.16. The van der Waals surface area contributed by atoms with Crippen molar-refractivity contribution in [1.29, 1.82) is 0 Å². The normalized spacial score (nSPS) is 14.7. The number of nitrogens with two attached hydrogens (primary N) is 1. The molecule has 1 fully saturated rings. The molecule has 0 unspecified atom stereocenters. The van der Waals surface area contributed by atoms with E-state index in [-0.39, 0.29) is 0 Å². The molecule has 0 atom stereocenters. The zero-order valence-electron chi connectivity index (χ0n) is 10.3. The van der Waals surface area contributed by atoms with Gasteiger partial charge in [0.15, 0.2) is 0 Å². The average molecular weight is 239 g/mol. The number of hydrogen-bond donors (Lipinski definition) is 1. The Hall–Kier alpha value is -1.90. The maximum Gasteiger partial charge on any atom is 0.220 e. The van der Waals surface area contributed by atoms with E-state index in [0.717, 1.165) is 29.3 Å². The van der Waals surface area contributed by atoms with Gasteiger partial charge in [-0.25, -0.2) is 9.97 Å². The van der Waals surface area contributed by atoms with E-state index in [9.17, 15) is 0 Å². The summed E-state index contributed by atoms with van der Waals surface area (Å²) in [6, 6.07) is 12.2. The summed E-state index contributed by atoms with van der Waals surface area (Å²) in [6.45, 7) is 0. The van der Waals surface area contributed by atoms with Crippen LogP contribution in [0.1, 0.15) is 25.0 Å². The topological polar surface area (TPSA) is 51.8 Å². The van der Waals surface area contributed by atoms with Crippen molar-refractivity contribution in [2.75, 3.05) is 5.73 Å². The molecular weight excluding hydrogens is 222 g/mol. The van der Waals surface area contributed by atoms with Gasteiger partial charge in [0, 0.05) is 11.3 Å². The third-order valence-corrected chi connectivity index (χ3v) is 3.37. The van der Waals surface area contributed by atoms with E-state index in [1.54, 1.807) is 0 Å². The second-order valence-corrected chi connectivity index (χ2v) is 4.95. The summed E-state index contributed by atoms with van der Waals surface area (Å²) in [4.78, 5) is 8.64. The molecule has 1 aromatic carbocycles. The Morgan fingerprint density at radius 2 is 1.89 bits per heavy atom. The van der Waals surface area contributed by atoms with Gasteiger partial charge in [-0.3, -0.25) is 0 Å². The summed E-state index contributed by atoms with van der Waals surface area (Å²) in [5, 5.41) is 0. The zero-order valence-corrected chi connectivity index (χ0v) is 10.3. The first-order valence-electron chi connectivity index (χ1n) is 6.50. The fourth-order valence-corrected chi connectivity index (χ4v) is 2.16. The summed E-state index contributed by atoms with van der Waals surface area (Å²) in [7, 11) is 0. The molecule has 2 aromatic rings. The van der Waals surface area contributed by atoms with Crippen molar-refractivity contribution >= 4 is 5.95 Å². The van der Waals surface area contributed by atoms with Crippen molar-refractivity contribution in [3.63, 3.8) is 0 Å². The Balaban J connectivity index is 1.85. The minimum Gasteiger partial charge on any atom is -0.368 e. The Labute approximate surface area is 107 Å². The Morgan fingerprint density at radius 1 is 1.11 bits per heavy atom. The molecule has 0 saturated heterocycles. The van der Waals surface area contributed by atoms with Crippen LogP contribution in [0, 0.1) is 5.92 Å². The van der Waals surface area contributed by atoms with Crippen molar-refractivity contribution in [3.05, 3.63) is 42.1 Å². The predicted molar refractivity (Wildman–Crippen MR) is 72.9 cm³/mol. The molecule has 0 amide bonds. The van der Waals surface area contributed by atoms with Crippen LogP contribution in [-0.2, 0) is 6.42 Å². The van der Waals surface area contributed by atoms with Gasteiger partial charge in [-0.1, -0.05) is 43.2 Å². The Kier molecular flexibility index (Phi) is 2.97. The lowest BCUT2D eigenvalue weighted by molar-refractivity contribution is 0.713. The lowest BCUT2D eigenvalue weighted by Crippen LogP contribution is -2.01. The van der Waals surface area contributed by atoms with Gasteiger partial charge in [0.2, 0.25) is 5.95 Å². The van der Waals surface area contributed by atoms with Crippen LogP contribution in [0.25, 0.3) is 11.3 Å². The maximum absolute atomic E-state index is 5.80. The van der Waals surface area contributed by atoms with Crippen molar-refractivity contribution in [2.45, 2.75) is 25.7 Å². The summed E-state index contributed by atoms with van der Waals surface area (Å²) >= 11 is 0. The van der Waals surface area contributed by atoms with Crippen LogP contribution in [0.2, 0.25) is 0 Å². The van der Waals surface area contributed by atoms with Crippen LogP contribution in [0.5, 0.6) is 0 Å². The highest BCUT2D eigenvalue weighted by molar-refractivity contribution is 5.60. The summed E-state index contributed by atoms with van der Waals surface area (Å²) in [5.41, 5.74) is 8.88. The van der Waals surface area contributed by atoms with E-state index in [4.69, 9.17) is 5.73 Å². The lowest BCUT2D eigenvalue weighted by Gasteiger charge is -2.05. The van der Waals surface area contributed by atoms with Gasteiger partial charge in [0.25, 0.3) is 0 Å². The highest BCUT2D eigenvalue weighted by Gasteiger charge is 2.21. The molecule has 1 heterocycles. The molecule has 1 aliphatic carbocycles.